The van der Waals surface area contributed by atoms with Crippen molar-refractivity contribution in [3.05, 3.63) is 29.0 Å². The maximum Gasteiger partial charge on any atom is 0.336 e. The highest BCUT2D eigenvalue weighted by atomic mass is 35.5. The summed E-state index contributed by atoms with van der Waals surface area (Å²) in [5.41, 5.74) is 0.188. The van der Waals surface area contributed by atoms with Crippen molar-refractivity contribution in [2.24, 2.45) is 0 Å². The van der Waals surface area contributed by atoms with E-state index in [1.165, 1.54) is 19.4 Å². The number of carbonyl (C=O) groups excluding carboxylic acids is 1. The molecular weight excluding hydrogens is 246 g/mol. The lowest BCUT2D eigenvalue weighted by Gasteiger charge is -2.00. The Bertz CT molecular complexity index is 542. The third-order valence-electron chi connectivity index (χ3n) is 1.83. The number of carbonyl (C=O) groups is 1. The van der Waals surface area contributed by atoms with Crippen LogP contribution in [0.25, 0.3) is 0 Å². The van der Waals surface area contributed by atoms with Crippen molar-refractivity contribution in [1.29, 1.82) is 0 Å². The SMILES string of the molecule is COc1n[nH]c(NC(=O)c2cc(Cl)ccn2)n1. The first-order valence-electron chi connectivity index (χ1n) is 4.58. The topological polar surface area (TPSA) is 92.8 Å². The molecule has 0 aliphatic carbocycles. The number of rotatable bonds is 3. The highest BCUT2D eigenvalue weighted by Gasteiger charge is 2.11. The first kappa shape index (κ1) is 11.3. The van der Waals surface area contributed by atoms with Crippen LogP contribution in [0.3, 0.4) is 0 Å². The van der Waals surface area contributed by atoms with Gasteiger partial charge in [0.15, 0.2) is 0 Å². The van der Waals surface area contributed by atoms with Crippen LogP contribution < -0.4 is 10.1 Å². The number of H-pyrrole nitrogens is 1. The van der Waals surface area contributed by atoms with Crippen molar-refractivity contribution < 1.29 is 9.53 Å². The number of nitrogens with zero attached hydrogens (tertiary/aromatic N) is 3. The molecule has 2 aromatic heterocycles. The number of halogens is 1. The largest absolute Gasteiger partial charge is 0.466 e. The van der Waals surface area contributed by atoms with Crippen molar-refractivity contribution in [1.82, 2.24) is 20.2 Å². The first-order valence-corrected chi connectivity index (χ1v) is 4.96. The van der Waals surface area contributed by atoms with Gasteiger partial charge >= 0.3 is 6.01 Å². The number of aromatic amines is 1. The van der Waals surface area contributed by atoms with Gasteiger partial charge in [-0.2, -0.15) is 4.98 Å². The molecule has 8 heteroatoms. The second-order valence-electron chi connectivity index (χ2n) is 2.98. The molecule has 0 atom stereocenters. The average molecular weight is 254 g/mol. The van der Waals surface area contributed by atoms with Gasteiger partial charge in [0.2, 0.25) is 5.95 Å². The van der Waals surface area contributed by atoms with Gasteiger partial charge in [-0.15, -0.1) is 5.10 Å². The Balaban J connectivity index is 2.11. The summed E-state index contributed by atoms with van der Waals surface area (Å²) in [6.45, 7) is 0. The Morgan fingerprint density at radius 2 is 2.41 bits per heavy atom. The lowest BCUT2D eigenvalue weighted by Crippen LogP contribution is -2.14. The maximum absolute atomic E-state index is 11.7. The maximum atomic E-state index is 11.7. The van der Waals surface area contributed by atoms with Crippen molar-refractivity contribution in [2.75, 3.05) is 12.4 Å². The van der Waals surface area contributed by atoms with Crippen molar-refractivity contribution in [3.63, 3.8) is 0 Å². The molecule has 0 aliphatic rings. The molecule has 2 aromatic rings. The molecule has 88 valence electrons. The van der Waals surface area contributed by atoms with Crippen LogP contribution in [0.1, 0.15) is 10.5 Å². The molecule has 0 unspecified atom stereocenters. The van der Waals surface area contributed by atoms with Crippen LogP contribution in [0, 0.1) is 0 Å². The van der Waals surface area contributed by atoms with E-state index in [0.717, 1.165) is 0 Å². The van der Waals surface area contributed by atoms with Crippen LogP contribution in [0.4, 0.5) is 5.95 Å². The zero-order valence-electron chi connectivity index (χ0n) is 8.77. The average Bonchev–Trinajstić information content (AvgIpc) is 2.77. The molecule has 1 amide bonds. The molecule has 0 saturated carbocycles. The van der Waals surface area contributed by atoms with Gasteiger partial charge in [0.05, 0.1) is 7.11 Å². The molecule has 0 radical (unpaired) electrons. The molecule has 2 heterocycles. The van der Waals surface area contributed by atoms with Gasteiger partial charge < -0.3 is 4.74 Å². The zero-order chi connectivity index (χ0) is 12.3. The third kappa shape index (κ3) is 2.70. The van der Waals surface area contributed by atoms with Gasteiger partial charge in [0, 0.05) is 11.2 Å². The van der Waals surface area contributed by atoms with E-state index in [0.29, 0.717) is 5.02 Å². The predicted molar refractivity (Wildman–Crippen MR) is 60.1 cm³/mol. The third-order valence-corrected chi connectivity index (χ3v) is 2.07. The summed E-state index contributed by atoms with van der Waals surface area (Å²) in [6.07, 6.45) is 1.44. The van der Waals surface area contributed by atoms with E-state index in [2.05, 4.69) is 25.5 Å². The molecule has 0 saturated heterocycles. The molecule has 0 bridgehead atoms. The first-order chi connectivity index (χ1) is 8.19. The van der Waals surface area contributed by atoms with Gasteiger partial charge in [-0.1, -0.05) is 11.6 Å². The van der Waals surface area contributed by atoms with Crippen molar-refractivity contribution in [3.8, 4) is 6.01 Å². The number of methoxy groups -OCH3 is 1. The molecule has 2 rings (SSSR count). The minimum atomic E-state index is -0.439. The van der Waals surface area contributed by atoms with Gasteiger partial charge in [-0.05, 0) is 12.1 Å². The van der Waals surface area contributed by atoms with E-state index >= 15 is 0 Å². The summed E-state index contributed by atoms with van der Waals surface area (Å²) in [4.78, 5) is 19.4. The van der Waals surface area contributed by atoms with Crippen LogP contribution >= 0.6 is 11.6 Å². The number of aromatic nitrogens is 4. The molecule has 0 aromatic carbocycles. The number of amides is 1. The summed E-state index contributed by atoms with van der Waals surface area (Å²) < 4.78 is 4.76. The predicted octanol–water partition coefficient (Wildman–Crippen LogP) is 1.11. The number of anilines is 1. The highest BCUT2D eigenvalue weighted by molar-refractivity contribution is 6.30. The fraction of sp³-hybridized carbons (Fsp3) is 0.111. The van der Waals surface area contributed by atoms with E-state index in [1.807, 2.05) is 0 Å². The molecule has 7 nitrogen and oxygen atoms in total. The van der Waals surface area contributed by atoms with E-state index in [-0.39, 0.29) is 17.7 Å². The van der Waals surface area contributed by atoms with Crippen LogP contribution in [-0.4, -0.2) is 33.2 Å². The zero-order valence-corrected chi connectivity index (χ0v) is 9.52. The van der Waals surface area contributed by atoms with Gasteiger partial charge in [0.1, 0.15) is 5.69 Å². The fourth-order valence-corrected chi connectivity index (χ4v) is 1.25. The molecule has 2 N–H and O–H groups in total. The standard InChI is InChI=1S/C9H8ClN5O2/c1-17-9-13-8(14-15-9)12-7(16)6-4-5(10)2-3-11-6/h2-4H,1H3,(H2,12,13,14,15,16). The summed E-state index contributed by atoms with van der Waals surface area (Å²) in [7, 11) is 1.42. The van der Waals surface area contributed by atoms with Crippen LogP contribution in [-0.2, 0) is 0 Å². The summed E-state index contributed by atoms with van der Waals surface area (Å²) in [5.74, 6) is -0.264. The monoisotopic (exact) mass is 253 g/mol. The second kappa shape index (κ2) is 4.79. The number of hydrogen-bond acceptors (Lipinski definition) is 5. The summed E-state index contributed by atoms with van der Waals surface area (Å²) in [6, 6.07) is 3.17. The molecule has 17 heavy (non-hydrogen) atoms. The number of hydrogen-bond donors (Lipinski definition) is 2. The smallest absolute Gasteiger partial charge is 0.336 e. The van der Waals surface area contributed by atoms with Crippen LogP contribution in [0.2, 0.25) is 5.02 Å². The van der Waals surface area contributed by atoms with Crippen LogP contribution in [0.5, 0.6) is 6.01 Å². The number of nitrogens with one attached hydrogen (secondary N) is 2. The van der Waals surface area contributed by atoms with Gasteiger partial charge in [-0.25, -0.2) is 5.10 Å². The Kier molecular flexibility index (Phi) is 3.20. The van der Waals surface area contributed by atoms with E-state index < -0.39 is 5.91 Å². The van der Waals surface area contributed by atoms with E-state index in [1.54, 1.807) is 6.07 Å². The fourth-order valence-electron chi connectivity index (χ4n) is 1.09. The van der Waals surface area contributed by atoms with Gasteiger partial charge in [-0.3, -0.25) is 15.1 Å². The quantitative estimate of drug-likeness (QED) is 0.855. The molecule has 0 aliphatic heterocycles. The summed E-state index contributed by atoms with van der Waals surface area (Å²) >= 11 is 5.74. The van der Waals surface area contributed by atoms with E-state index in [9.17, 15) is 4.79 Å². The Morgan fingerprint density at radius 3 is 3.06 bits per heavy atom. The Hall–Kier alpha value is -2.15. The Morgan fingerprint density at radius 1 is 1.59 bits per heavy atom. The minimum absolute atomic E-state index is 0.138. The van der Waals surface area contributed by atoms with Crippen LogP contribution in [0.15, 0.2) is 18.3 Å². The molecular formula is C9H8ClN5O2. The lowest BCUT2D eigenvalue weighted by molar-refractivity contribution is 0.102. The van der Waals surface area contributed by atoms with Gasteiger partial charge in [0.25, 0.3) is 5.91 Å². The second-order valence-corrected chi connectivity index (χ2v) is 3.42. The van der Waals surface area contributed by atoms with Crippen molar-refractivity contribution >= 4 is 23.5 Å². The minimum Gasteiger partial charge on any atom is -0.466 e. The van der Waals surface area contributed by atoms with Crippen molar-refractivity contribution in [2.45, 2.75) is 0 Å². The lowest BCUT2D eigenvalue weighted by atomic mass is 10.3. The normalized spacial score (nSPS) is 10.0. The molecule has 0 fully saturated rings. The molecule has 0 spiro atoms. The Labute approximate surface area is 101 Å². The highest BCUT2D eigenvalue weighted by Crippen LogP contribution is 2.10. The van der Waals surface area contributed by atoms with E-state index in [4.69, 9.17) is 16.3 Å². The number of ether oxygens (including phenoxy) is 1. The summed E-state index contributed by atoms with van der Waals surface area (Å²) in [5, 5.41) is 9.07. The number of pyridine rings is 1.